The lowest BCUT2D eigenvalue weighted by Gasteiger charge is -2.07. The Labute approximate surface area is 81.2 Å². The first-order chi connectivity index (χ1) is 6.69. The van der Waals surface area contributed by atoms with Gasteiger partial charge in [-0.1, -0.05) is 6.07 Å². The highest BCUT2D eigenvalue weighted by molar-refractivity contribution is 5.37. The lowest BCUT2D eigenvalue weighted by Crippen LogP contribution is -1.95. The van der Waals surface area contributed by atoms with Gasteiger partial charge in [0.2, 0.25) is 6.08 Å². The molecule has 0 saturated carbocycles. The van der Waals surface area contributed by atoms with Gasteiger partial charge in [-0.2, -0.15) is 4.99 Å². The molecule has 14 heavy (non-hydrogen) atoms. The predicted molar refractivity (Wildman–Crippen MR) is 49.5 cm³/mol. The quantitative estimate of drug-likeness (QED) is 0.548. The Morgan fingerprint density at radius 2 is 2.29 bits per heavy atom. The number of methoxy groups -OCH3 is 1. The molecule has 1 aromatic rings. The van der Waals surface area contributed by atoms with Crippen molar-refractivity contribution in [3.8, 4) is 5.75 Å². The Morgan fingerprint density at radius 3 is 2.79 bits per heavy atom. The van der Waals surface area contributed by atoms with Crippen LogP contribution in [0.1, 0.15) is 18.5 Å². The van der Waals surface area contributed by atoms with Gasteiger partial charge in [-0.25, -0.2) is 9.18 Å². The molecule has 1 rings (SSSR count). The third-order valence-corrected chi connectivity index (χ3v) is 1.90. The smallest absolute Gasteiger partial charge is 0.235 e. The molecule has 0 bridgehead atoms. The minimum atomic E-state index is -0.515. The number of ether oxygens (including phenoxy) is 1. The molecule has 74 valence electrons. The molecule has 0 amide bonds. The molecule has 0 heterocycles. The van der Waals surface area contributed by atoms with Crippen LogP contribution in [-0.4, -0.2) is 13.2 Å². The number of hydrogen-bond donors (Lipinski definition) is 0. The van der Waals surface area contributed by atoms with E-state index < -0.39 is 11.9 Å². The molecule has 0 radical (unpaired) electrons. The molecule has 0 aliphatic rings. The van der Waals surface area contributed by atoms with Crippen LogP contribution in [0, 0.1) is 5.82 Å². The van der Waals surface area contributed by atoms with E-state index in [0.29, 0.717) is 11.3 Å². The second kappa shape index (κ2) is 4.53. The summed E-state index contributed by atoms with van der Waals surface area (Å²) in [5.74, 6) is 0.00406. The number of aliphatic imine (C=N–C) groups is 1. The Hall–Kier alpha value is -1.67. The fourth-order valence-corrected chi connectivity index (χ4v) is 1.12. The lowest BCUT2D eigenvalue weighted by molar-refractivity contribution is 0.410. The normalized spacial score (nSPS) is 11.6. The van der Waals surface area contributed by atoms with E-state index in [1.165, 1.54) is 19.3 Å². The van der Waals surface area contributed by atoms with Gasteiger partial charge in [0.15, 0.2) is 0 Å². The maximum Gasteiger partial charge on any atom is 0.235 e. The molecule has 3 nitrogen and oxygen atoms in total. The lowest BCUT2D eigenvalue weighted by atomic mass is 10.1. The van der Waals surface area contributed by atoms with E-state index in [0.717, 1.165) is 0 Å². The first kappa shape index (κ1) is 10.4. The predicted octanol–water partition coefficient (Wildman–Crippen LogP) is 2.23. The van der Waals surface area contributed by atoms with Crippen LogP contribution in [0.2, 0.25) is 0 Å². The summed E-state index contributed by atoms with van der Waals surface area (Å²) in [5, 5.41) is 0. The van der Waals surface area contributed by atoms with Crippen molar-refractivity contribution in [1.29, 1.82) is 0 Å². The van der Waals surface area contributed by atoms with E-state index in [1.54, 1.807) is 19.1 Å². The van der Waals surface area contributed by atoms with E-state index in [1.807, 2.05) is 0 Å². The molecular weight excluding hydrogens is 185 g/mol. The Kier molecular flexibility index (Phi) is 3.37. The van der Waals surface area contributed by atoms with Gasteiger partial charge in [0.1, 0.15) is 11.6 Å². The molecule has 1 aromatic carbocycles. The molecule has 0 saturated heterocycles. The molecule has 1 atom stereocenters. The van der Waals surface area contributed by atoms with Gasteiger partial charge >= 0.3 is 0 Å². The van der Waals surface area contributed by atoms with Crippen molar-refractivity contribution >= 4 is 6.08 Å². The maximum absolute atomic E-state index is 13.3. The van der Waals surface area contributed by atoms with E-state index in [-0.39, 0.29) is 0 Å². The number of hydrogen-bond acceptors (Lipinski definition) is 3. The van der Waals surface area contributed by atoms with Crippen LogP contribution in [0.15, 0.2) is 23.2 Å². The van der Waals surface area contributed by atoms with Crippen LogP contribution >= 0.6 is 0 Å². The average molecular weight is 195 g/mol. The average Bonchev–Trinajstić information content (AvgIpc) is 2.17. The number of isocyanates is 1. The topological polar surface area (TPSA) is 38.7 Å². The summed E-state index contributed by atoms with van der Waals surface area (Å²) in [6.45, 7) is 1.62. The summed E-state index contributed by atoms with van der Waals surface area (Å²) in [5.41, 5.74) is 0.356. The third-order valence-electron chi connectivity index (χ3n) is 1.90. The minimum Gasteiger partial charge on any atom is -0.497 e. The van der Waals surface area contributed by atoms with Gasteiger partial charge in [-0.3, -0.25) is 0 Å². The van der Waals surface area contributed by atoms with Crippen LogP contribution < -0.4 is 4.74 Å². The molecule has 0 N–H and O–H groups in total. The van der Waals surface area contributed by atoms with Crippen molar-refractivity contribution in [2.24, 2.45) is 4.99 Å². The number of carbonyl (C=O) groups excluding carboxylic acids is 1. The zero-order chi connectivity index (χ0) is 10.6. The first-order valence-corrected chi connectivity index (χ1v) is 4.09. The van der Waals surface area contributed by atoms with Crippen LogP contribution in [0.4, 0.5) is 4.39 Å². The Bertz CT molecular complexity index is 372. The maximum atomic E-state index is 13.3. The number of halogens is 1. The molecule has 0 aliphatic heterocycles. The molecule has 0 fully saturated rings. The van der Waals surface area contributed by atoms with Crippen LogP contribution in [0.3, 0.4) is 0 Å². The second-order valence-electron chi connectivity index (χ2n) is 2.78. The standard InChI is InChI=1S/C10H10FNO2/c1-7(12-6-13)9-4-3-8(14-2)5-10(9)11/h3-5,7H,1-2H3. The van der Waals surface area contributed by atoms with E-state index >= 15 is 0 Å². The van der Waals surface area contributed by atoms with E-state index in [9.17, 15) is 9.18 Å². The van der Waals surface area contributed by atoms with Gasteiger partial charge in [-0.15, -0.1) is 0 Å². The van der Waals surface area contributed by atoms with Crippen molar-refractivity contribution < 1.29 is 13.9 Å². The SMILES string of the molecule is COc1ccc(C(C)N=C=O)c(F)c1. The van der Waals surface area contributed by atoms with Crippen molar-refractivity contribution in [2.75, 3.05) is 7.11 Å². The summed E-state index contributed by atoms with van der Waals surface area (Å²) < 4.78 is 18.2. The molecule has 0 spiro atoms. The molecule has 4 heteroatoms. The summed E-state index contributed by atoms with van der Waals surface area (Å²) >= 11 is 0. The summed E-state index contributed by atoms with van der Waals surface area (Å²) in [6.07, 6.45) is 1.40. The number of rotatable bonds is 3. The largest absolute Gasteiger partial charge is 0.497 e. The molecule has 0 aromatic heterocycles. The minimum absolute atomic E-state index is 0.356. The van der Waals surface area contributed by atoms with E-state index in [2.05, 4.69) is 4.99 Å². The fourth-order valence-electron chi connectivity index (χ4n) is 1.12. The Morgan fingerprint density at radius 1 is 1.57 bits per heavy atom. The molecule has 0 aliphatic carbocycles. The number of benzene rings is 1. The van der Waals surface area contributed by atoms with Crippen molar-refractivity contribution in [1.82, 2.24) is 0 Å². The van der Waals surface area contributed by atoms with Gasteiger partial charge in [0, 0.05) is 11.6 Å². The highest BCUT2D eigenvalue weighted by Gasteiger charge is 2.10. The monoisotopic (exact) mass is 195 g/mol. The summed E-state index contributed by atoms with van der Waals surface area (Å²) in [6, 6.07) is 3.90. The van der Waals surface area contributed by atoms with Crippen LogP contribution in [0.25, 0.3) is 0 Å². The molecule has 1 unspecified atom stereocenters. The summed E-state index contributed by atoms with van der Waals surface area (Å²) in [4.78, 5) is 13.4. The van der Waals surface area contributed by atoms with Gasteiger partial charge in [-0.05, 0) is 13.0 Å². The first-order valence-electron chi connectivity index (χ1n) is 4.09. The van der Waals surface area contributed by atoms with Crippen molar-refractivity contribution in [3.05, 3.63) is 29.6 Å². The second-order valence-corrected chi connectivity index (χ2v) is 2.78. The zero-order valence-electron chi connectivity index (χ0n) is 7.95. The van der Waals surface area contributed by atoms with Gasteiger partial charge < -0.3 is 4.74 Å². The fraction of sp³-hybridized carbons (Fsp3) is 0.300. The van der Waals surface area contributed by atoms with Crippen LogP contribution in [-0.2, 0) is 4.79 Å². The van der Waals surface area contributed by atoms with Crippen LogP contribution in [0.5, 0.6) is 5.75 Å². The van der Waals surface area contributed by atoms with E-state index in [4.69, 9.17) is 4.74 Å². The van der Waals surface area contributed by atoms with Gasteiger partial charge in [0.25, 0.3) is 0 Å². The van der Waals surface area contributed by atoms with Crippen molar-refractivity contribution in [3.63, 3.8) is 0 Å². The number of nitrogens with zero attached hydrogens (tertiary/aromatic N) is 1. The zero-order valence-corrected chi connectivity index (χ0v) is 7.95. The van der Waals surface area contributed by atoms with Gasteiger partial charge in [0.05, 0.1) is 13.2 Å². The summed E-state index contributed by atoms with van der Waals surface area (Å²) in [7, 11) is 1.46. The highest BCUT2D eigenvalue weighted by atomic mass is 19.1. The van der Waals surface area contributed by atoms with Crippen molar-refractivity contribution in [2.45, 2.75) is 13.0 Å². The highest BCUT2D eigenvalue weighted by Crippen LogP contribution is 2.23. The Balaban J connectivity index is 3.05. The third kappa shape index (κ3) is 2.18. The molecular formula is C10H10FNO2.